The van der Waals surface area contributed by atoms with E-state index in [4.69, 9.17) is 0 Å². The fourth-order valence-corrected chi connectivity index (χ4v) is 12.0. The van der Waals surface area contributed by atoms with Gasteiger partial charge < -0.3 is 4.57 Å². The van der Waals surface area contributed by atoms with Crippen molar-refractivity contribution in [3.05, 3.63) is 188 Å². The van der Waals surface area contributed by atoms with E-state index in [0.717, 1.165) is 43.1 Å². The topological polar surface area (TPSA) is 154 Å². The molecule has 0 N–H and O–H groups in total. The Balaban J connectivity index is 0.881. The Kier molecular flexibility index (Phi) is 9.16. The molecular formula is C60H41N5O8. The number of fused-ring (bicyclic) bond motifs is 3. The van der Waals surface area contributed by atoms with Crippen LogP contribution in [-0.4, -0.2) is 51.8 Å². The number of para-hydroxylation sites is 2. The predicted octanol–water partition coefficient (Wildman–Crippen LogP) is 11.1. The summed E-state index contributed by atoms with van der Waals surface area (Å²) >= 11 is 0. The van der Waals surface area contributed by atoms with Crippen molar-refractivity contribution in [3.63, 3.8) is 0 Å². The Labute approximate surface area is 416 Å². The van der Waals surface area contributed by atoms with Gasteiger partial charge in [0.2, 0.25) is 0 Å². The maximum absolute atomic E-state index is 14.7. The van der Waals surface area contributed by atoms with Crippen LogP contribution in [0.4, 0.5) is 22.7 Å². The first kappa shape index (κ1) is 43.6. The molecule has 0 unspecified atom stereocenters. The Bertz CT molecular complexity index is 3810. The molecule has 0 fully saturated rings. The highest BCUT2D eigenvalue weighted by molar-refractivity contribution is 6.44. The molecule has 13 nitrogen and oxygen atoms in total. The van der Waals surface area contributed by atoms with Crippen molar-refractivity contribution in [1.29, 1.82) is 0 Å². The van der Waals surface area contributed by atoms with Crippen molar-refractivity contribution in [2.24, 2.45) is 0 Å². The number of hydrogen-bond acceptors (Lipinski definition) is 8. The fraction of sp³-hybridized carbons (Fsp3) is 0.133. The summed E-state index contributed by atoms with van der Waals surface area (Å²) in [6, 6.07) is 34.2. The van der Waals surface area contributed by atoms with Crippen LogP contribution in [0.1, 0.15) is 126 Å². The molecule has 9 aromatic rings. The zero-order valence-electron chi connectivity index (χ0n) is 40.2. The highest BCUT2D eigenvalue weighted by Crippen LogP contribution is 2.45. The minimum atomic E-state index is -0.629. The zero-order valence-corrected chi connectivity index (χ0v) is 40.2. The summed E-state index contributed by atoms with van der Waals surface area (Å²) in [5, 5.41) is 2.33. The van der Waals surface area contributed by atoms with Crippen LogP contribution >= 0.6 is 0 Å². The van der Waals surface area contributed by atoms with E-state index in [1.165, 1.54) is 9.80 Å². The Morgan fingerprint density at radius 2 is 0.630 bits per heavy atom. The van der Waals surface area contributed by atoms with E-state index in [-0.39, 0.29) is 77.4 Å². The summed E-state index contributed by atoms with van der Waals surface area (Å²) in [5.74, 6) is -4.66. The molecule has 4 aliphatic rings. The molecule has 8 aromatic carbocycles. The molecule has 354 valence electrons. The molecule has 73 heavy (non-hydrogen) atoms. The molecule has 0 radical (unpaired) electrons. The van der Waals surface area contributed by atoms with E-state index in [0.29, 0.717) is 41.5 Å². The number of imide groups is 4. The maximum Gasteiger partial charge on any atom is 0.266 e. The van der Waals surface area contributed by atoms with Gasteiger partial charge in [-0.2, -0.15) is 0 Å². The van der Waals surface area contributed by atoms with E-state index in [1.807, 2.05) is 83.1 Å². The number of anilines is 4. The lowest BCUT2D eigenvalue weighted by atomic mass is 9.85. The van der Waals surface area contributed by atoms with Crippen molar-refractivity contribution < 1.29 is 38.4 Å². The number of aromatic nitrogens is 1. The first-order chi connectivity index (χ1) is 35.3. The van der Waals surface area contributed by atoms with Crippen LogP contribution in [-0.2, 0) is 19.4 Å². The molecule has 0 atom stereocenters. The zero-order chi connectivity index (χ0) is 50.6. The van der Waals surface area contributed by atoms with Crippen LogP contribution in [0.3, 0.4) is 0 Å². The molecule has 13 rings (SSSR count). The van der Waals surface area contributed by atoms with Gasteiger partial charge in [0.15, 0.2) is 0 Å². The lowest BCUT2D eigenvalue weighted by Gasteiger charge is -2.33. The molecule has 13 heteroatoms. The van der Waals surface area contributed by atoms with Crippen LogP contribution < -0.4 is 19.6 Å². The average Bonchev–Trinajstić information content (AvgIpc) is 3.71. The standard InChI is InChI=1S/C60H41N5O8/c1-6-31-13-9-11-29(4)51(31)64-57(70)39-21-17-35-47-36(18-22-40(49(39)47)58(64)71)54(67)62(53(35)66)33-15-25-45-43(27-33)44-28-34(16-26-46(44)61(45)8-3)63-55(68)37-19-23-41-50-42(24-20-38(48(37)50)56(63)69)60(73)65(59(41)72)52-30(5)12-10-14-32(52)7-2/h9-28H,6-8H2,1-5H3. The van der Waals surface area contributed by atoms with Crippen molar-refractivity contribution in [2.75, 3.05) is 19.6 Å². The third-order valence-electron chi connectivity index (χ3n) is 15.3. The third-order valence-corrected chi connectivity index (χ3v) is 15.3. The monoisotopic (exact) mass is 959 g/mol. The van der Waals surface area contributed by atoms with Gasteiger partial charge in [-0.3, -0.25) is 38.4 Å². The lowest BCUT2D eigenvalue weighted by molar-refractivity contribution is 0.0873. The molecule has 0 saturated carbocycles. The van der Waals surface area contributed by atoms with Crippen LogP contribution in [0.15, 0.2) is 121 Å². The molecule has 4 aliphatic heterocycles. The number of carbonyl (C=O) groups is 8. The normalized spacial score (nSPS) is 15.2. The van der Waals surface area contributed by atoms with E-state index >= 15 is 0 Å². The van der Waals surface area contributed by atoms with Crippen LogP contribution in [0.25, 0.3) is 43.4 Å². The van der Waals surface area contributed by atoms with Gasteiger partial charge >= 0.3 is 0 Å². The number of hydrogen-bond donors (Lipinski definition) is 0. The molecule has 0 bridgehead atoms. The summed E-state index contributed by atoms with van der Waals surface area (Å²) in [5.41, 5.74) is 7.87. The van der Waals surface area contributed by atoms with Gasteiger partial charge in [-0.25, -0.2) is 19.6 Å². The average molecular weight is 960 g/mol. The highest BCUT2D eigenvalue weighted by Gasteiger charge is 2.44. The van der Waals surface area contributed by atoms with Gasteiger partial charge in [-0.15, -0.1) is 0 Å². The van der Waals surface area contributed by atoms with Crippen molar-refractivity contribution in [2.45, 2.75) is 54.0 Å². The second-order valence-corrected chi connectivity index (χ2v) is 18.9. The summed E-state index contributed by atoms with van der Waals surface area (Å²) in [7, 11) is 0. The molecule has 0 saturated heterocycles. The first-order valence-electron chi connectivity index (χ1n) is 24.3. The Morgan fingerprint density at radius 1 is 0.342 bits per heavy atom. The van der Waals surface area contributed by atoms with Crippen molar-refractivity contribution in [3.8, 4) is 0 Å². The fourth-order valence-electron chi connectivity index (χ4n) is 12.0. The van der Waals surface area contributed by atoms with Gasteiger partial charge in [0.1, 0.15) is 0 Å². The second kappa shape index (κ2) is 15.3. The van der Waals surface area contributed by atoms with Gasteiger partial charge in [-0.1, -0.05) is 50.2 Å². The van der Waals surface area contributed by atoms with Crippen LogP contribution in [0.5, 0.6) is 0 Å². The second-order valence-electron chi connectivity index (χ2n) is 18.9. The molecule has 0 aliphatic carbocycles. The van der Waals surface area contributed by atoms with Crippen LogP contribution in [0.2, 0.25) is 0 Å². The summed E-state index contributed by atoms with van der Waals surface area (Å²) < 4.78 is 2.06. The maximum atomic E-state index is 14.7. The first-order valence-corrected chi connectivity index (χ1v) is 24.3. The minimum absolute atomic E-state index is 0.165. The van der Waals surface area contributed by atoms with E-state index in [2.05, 4.69) is 4.57 Å². The van der Waals surface area contributed by atoms with Gasteiger partial charge in [-0.05, 0) is 141 Å². The molecular weight excluding hydrogens is 919 g/mol. The smallest absolute Gasteiger partial charge is 0.266 e. The van der Waals surface area contributed by atoms with E-state index in [1.54, 1.807) is 72.8 Å². The number of aryl methyl sites for hydroxylation is 5. The number of rotatable bonds is 7. The highest BCUT2D eigenvalue weighted by atomic mass is 16.2. The number of nitrogens with zero attached hydrogens (tertiary/aromatic N) is 5. The Hall–Kier alpha value is -9.36. The van der Waals surface area contributed by atoms with Gasteiger partial charge in [0.25, 0.3) is 47.3 Å². The quantitative estimate of drug-likeness (QED) is 0.143. The number of amides is 8. The SMILES string of the molecule is CCc1cccc(C)c1N1C(=O)c2ccc3c4c(ccc(c24)C1=O)C(=O)N(c1ccc2c(c1)c1cc(N4C(=O)c5ccc6c7c(ccc(c57)C4=O)C(=O)N(c4c(C)cccc4CC)C6=O)ccc1n2CC)C3=O. The van der Waals surface area contributed by atoms with E-state index in [9.17, 15) is 38.4 Å². The molecule has 1 aromatic heterocycles. The largest absolute Gasteiger partial charge is 0.341 e. The van der Waals surface area contributed by atoms with Crippen LogP contribution in [0, 0.1) is 13.8 Å². The molecule has 0 spiro atoms. The van der Waals surface area contributed by atoms with Gasteiger partial charge in [0.05, 0.1) is 22.7 Å². The molecule has 5 heterocycles. The summed E-state index contributed by atoms with van der Waals surface area (Å²) in [4.78, 5) is 121. The summed E-state index contributed by atoms with van der Waals surface area (Å²) in [6.45, 7) is 10.1. The lowest BCUT2D eigenvalue weighted by Crippen LogP contribution is -2.44. The van der Waals surface area contributed by atoms with E-state index < -0.39 is 47.3 Å². The van der Waals surface area contributed by atoms with Gasteiger partial charge in [0, 0.05) is 94.4 Å². The number of carbonyl (C=O) groups excluding carboxylic acids is 8. The third kappa shape index (κ3) is 5.61. The summed E-state index contributed by atoms with van der Waals surface area (Å²) in [6.07, 6.45) is 1.18. The molecule has 8 amide bonds. The predicted molar refractivity (Wildman–Crippen MR) is 279 cm³/mol. The Morgan fingerprint density at radius 3 is 0.904 bits per heavy atom. The van der Waals surface area contributed by atoms with Crippen molar-refractivity contribution in [1.82, 2.24) is 4.57 Å². The van der Waals surface area contributed by atoms with Crippen molar-refractivity contribution >= 4 is 113 Å². The number of benzene rings is 8. The minimum Gasteiger partial charge on any atom is -0.341 e.